The summed E-state index contributed by atoms with van der Waals surface area (Å²) in [5.74, 6) is 0. The molecule has 4 N–H and O–H groups in total. The van der Waals surface area contributed by atoms with E-state index < -0.39 is 0 Å². The molecular weight excluding hydrogens is 284 g/mol. The summed E-state index contributed by atoms with van der Waals surface area (Å²) in [6.07, 6.45) is 2.38. The Bertz CT molecular complexity index is 441. The van der Waals surface area contributed by atoms with Crippen LogP contribution in [0.2, 0.25) is 0 Å². The monoisotopic (exact) mass is 310 g/mol. The minimum atomic E-state index is 0. The minimum Gasteiger partial charge on any atom is -0.330 e. The highest BCUT2D eigenvalue weighted by Gasteiger charge is 2.34. The third-order valence-corrected chi connectivity index (χ3v) is 4.79. The molecule has 21 heavy (non-hydrogen) atoms. The normalized spacial score (nSPS) is 33.0. The lowest BCUT2D eigenvalue weighted by molar-refractivity contribution is 0.258. The van der Waals surface area contributed by atoms with Crippen LogP contribution in [0.25, 0.3) is 0 Å². The first-order valence-electron chi connectivity index (χ1n) is 7.67. The number of benzene rings is 1. The van der Waals surface area contributed by atoms with Crippen LogP contribution in [0.3, 0.4) is 0 Å². The van der Waals surface area contributed by atoms with Gasteiger partial charge in [0.25, 0.3) is 0 Å². The van der Waals surface area contributed by atoms with E-state index in [9.17, 15) is 0 Å². The molecule has 0 saturated carbocycles. The molecular formula is C16H27ClN4. The number of nitrogens with one attached hydrogen (secondary N) is 2. The van der Waals surface area contributed by atoms with Gasteiger partial charge < -0.3 is 10.6 Å². The average Bonchev–Trinajstić information content (AvgIpc) is 3.08. The molecule has 1 aromatic rings. The third-order valence-electron chi connectivity index (χ3n) is 4.79. The molecule has 2 heterocycles. The molecule has 0 aromatic heterocycles. The van der Waals surface area contributed by atoms with E-state index in [1.165, 1.54) is 18.5 Å². The van der Waals surface area contributed by atoms with E-state index >= 15 is 0 Å². The lowest BCUT2D eigenvalue weighted by Crippen LogP contribution is -2.40. The zero-order chi connectivity index (χ0) is 14.0. The second kappa shape index (κ2) is 7.07. The molecule has 2 aliphatic rings. The highest BCUT2D eigenvalue weighted by Crippen LogP contribution is 2.29. The van der Waals surface area contributed by atoms with Gasteiger partial charge in [-0.1, -0.05) is 37.3 Å². The van der Waals surface area contributed by atoms with E-state index in [0.29, 0.717) is 17.5 Å². The fraction of sp³-hybridized carbons (Fsp3) is 0.625. The van der Waals surface area contributed by atoms with Crippen molar-refractivity contribution in [2.75, 3.05) is 26.2 Å². The summed E-state index contributed by atoms with van der Waals surface area (Å²) in [6.45, 7) is 6.54. The first-order chi connectivity index (χ1) is 9.68. The largest absolute Gasteiger partial charge is 0.330 e. The zero-order valence-electron chi connectivity index (χ0n) is 12.7. The lowest BCUT2D eigenvalue weighted by atomic mass is 9.90. The minimum absolute atomic E-state index is 0. The van der Waals surface area contributed by atoms with Gasteiger partial charge in [0.05, 0.1) is 0 Å². The molecule has 0 amide bonds. The Balaban J connectivity index is 0.00000161. The first kappa shape index (κ1) is 16.7. The number of likely N-dealkylation sites (tertiary alicyclic amines) is 1. The number of rotatable bonds is 4. The van der Waals surface area contributed by atoms with E-state index in [1.807, 2.05) is 0 Å². The Kier molecular flexibility index (Phi) is 5.63. The molecule has 3 rings (SSSR count). The smallest absolute Gasteiger partial charge is 0.0478 e. The van der Waals surface area contributed by atoms with Crippen molar-refractivity contribution in [2.24, 2.45) is 11.1 Å². The molecule has 118 valence electrons. The maximum absolute atomic E-state index is 5.88. The van der Waals surface area contributed by atoms with Crippen LogP contribution < -0.4 is 16.6 Å². The zero-order valence-corrected chi connectivity index (χ0v) is 13.5. The summed E-state index contributed by atoms with van der Waals surface area (Å²) in [5.41, 5.74) is 14.5. The van der Waals surface area contributed by atoms with Gasteiger partial charge in [-0.25, -0.2) is 5.43 Å². The molecule has 1 aromatic carbocycles. The molecule has 2 saturated heterocycles. The second-order valence-electron chi connectivity index (χ2n) is 6.68. The maximum Gasteiger partial charge on any atom is 0.0478 e. The molecule has 0 aliphatic carbocycles. The summed E-state index contributed by atoms with van der Waals surface area (Å²) in [6, 6.07) is 11.6. The quantitative estimate of drug-likeness (QED) is 0.792. The Morgan fingerprint density at radius 1 is 1.29 bits per heavy atom. The first-order valence-corrected chi connectivity index (χ1v) is 7.67. The van der Waals surface area contributed by atoms with E-state index in [1.54, 1.807) is 0 Å². The lowest BCUT2D eigenvalue weighted by Gasteiger charge is -2.24. The van der Waals surface area contributed by atoms with Crippen molar-refractivity contribution in [3.63, 3.8) is 0 Å². The van der Waals surface area contributed by atoms with Crippen molar-refractivity contribution in [3.8, 4) is 0 Å². The number of hydrazine groups is 1. The summed E-state index contributed by atoms with van der Waals surface area (Å²) in [7, 11) is 0. The molecule has 0 spiro atoms. The van der Waals surface area contributed by atoms with Gasteiger partial charge >= 0.3 is 0 Å². The number of halogens is 1. The number of hydrogen-bond donors (Lipinski definition) is 3. The summed E-state index contributed by atoms with van der Waals surface area (Å²) >= 11 is 0. The van der Waals surface area contributed by atoms with Gasteiger partial charge in [0.2, 0.25) is 0 Å². The topological polar surface area (TPSA) is 53.3 Å². The molecule has 4 nitrogen and oxygen atoms in total. The van der Waals surface area contributed by atoms with Gasteiger partial charge in [-0.15, -0.1) is 12.4 Å². The van der Waals surface area contributed by atoms with Crippen LogP contribution in [0.1, 0.15) is 31.4 Å². The predicted molar refractivity (Wildman–Crippen MR) is 89.3 cm³/mol. The van der Waals surface area contributed by atoms with Crippen LogP contribution in [0.5, 0.6) is 0 Å². The van der Waals surface area contributed by atoms with E-state index in [-0.39, 0.29) is 12.4 Å². The maximum atomic E-state index is 5.88. The van der Waals surface area contributed by atoms with Crippen molar-refractivity contribution >= 4 is 12.4 Å². The van der Waals surface area contributed by atoms with Gasteiger partial charge in [-0.05, 0) is 36.9 Å². The SMILES string of the molecule is CC1(CN)CCN(CC2CC(c3ccccc3)NN2)C1.Cl. The highest BCUT2D eigenvalue weighted by atomic mass is 35.5. The fourth-order valence-electron chi connectivity index (χ4n) is 3.41. The predicted octanol–water partition coefficient (Wildman–Crippen LogP) is 1.69. The van der Waals surface area contributed by atoms with Crippen molar-refractivity contribution < 1.29 is 0 Å². The molecule has 2 fully saturated rings. The summed E-state index contributed by atoms with van der Waals surface area (Å²) in [4.78, 5) is 2.56. The van der Waals surface area contributed by atoms with Crippen molar-refractivity contribution in [3.05, 3.63) is 35.9 Å². The van der Waals surface area contributed by atoms with E-state index in [2.05, 4.69) is 53.0 Å². The van der Waals surface area contributed by atoms with Crippen molar-refractivity contribution in [1.29, 1.82) is 0 Å². The van der Waals surface area contributed by atoms with Gasteiger partial charge in [0, 0.05) is 25.2 Å². The molecule has 0 bridgehead atoms. The molecule has 2 aliphatic heterocycles. The third kappa shape index (κ3) is 3.96. The van der Waals surface area contributed by atoms with Crippen LogP contribution in [0.15, 0.2) is 30.3 Å². The van der Waals surface area contributed by atoms with Crippen molar-refractivity contribution in [2.45, 2.75) is 31.8 Å². The fourth-order valence-corrected chi connectivity index (χ4v) is 3.41. The Labute approximate surface area is 133 Å². The van der Waals surface area contributed by atoms with Gasteiger partial charge in [-0.2, -0.15) is 0 Å². The van der Waals surface area contributed by atoms with Gasteiger partial charge in [0.1, 0.15) is 0 Å². The summed E-state index contributed by atoms with van der Waals surface area (Å²) in [5, 5.41) is 0. The van der Waals surface area contributed by atoms with Crippen LogP contribution in [0, 0.1) is 5.41 Å². The number of nitrogens with zero attached hydrogens (tertiary/aromatic N) is 1. The number of nitrogens with two attached hydrogens (primary N) is 1. The number of hydrogen-bond acceptors (Lipinski definition) is 4. The summed E-state index contributed by atoms with van der Waals surface area (Å²) < 4.78 is 0. The van der Waals surface area contributed by atoms with E-state index in [0.717, 1.165) is 26.1 Å². The van der Waals surface area contributed by atoms with Crippen LogP contribution >= 0.6 is 12.4 Å². The highest BCUT2D eigenvalue weighted by molar-refractivity contribution is 5.85. The Hall–Kier alpha value is -0.650. The Morgan fingerprint density at radius 2 is 2.05 bits per heavy atom. The molecule has 5 heteroatoms. The van der Waals surface area contributed by atoms with Crippen LogP contribution in [0.4, 0.5) is 0 Å². The average molecular weight is 311 g/mol. The molecule has 3 unspecified atom stereocenters. The molecule has 3 atom stereocenters. The Morgan fingerprint density at radius 3 is 2.71 bits per heavy atom. The second-order valence-corrected chi connectivity index (χ2v) is 6.68. The standard InChI is InChI=1S/C16H26N4.ClH/c1-16(11-17)7-8-20(12-16)10-14-9-15(19-18-14)13-5-3-2-4-6-13;/h2-6,14-15,18-19H,7-12,17H2,1H3;1H. The molecule has 0 radical (unpaired) electrons. The van der Waals surface area contributed by atoms with Crippen molar-refractivity contribution in [1.82, 2.24) is 15.8 Å². The van der Waals surface area contributed by atoms with Crippen LogP contribution in [-0.4, -0.2) is 37.1 Å². The van der Waals surface area contributed by atoms with Gasteiger partial charge in [0.15, 0.2) is 0 Å². The van der Waals surface area contributed by atoms with E-state index in [4.69, 9.17) is 5.73 Å². The van der Waals surface area contributed by atoms with Gasteiger partial charge in [-0.3, -0.25) is 5.43 Å². The van der Waals surface area contributed by atoms with Crippen LogP contribution in [-0.2, 0) is 0 Å².